The van der Waals surface area contributed by atoms with E-state index in [2.05, 4.69) is 22.8 Å². The molecule has 3 aromatic heterocycles. The lowest BCUT2D eigenvalue weighted by Gasteiger charge is -2.16. The summed E-state index contributed by atoms with van der Waals surface area (Å²) in [6.45, 7) is 2.49. The number of aryl methyl sites for hydroxylation is 1. The van der Waals surface area contributed by atoms with Gasteiger partial charge in [-0.25, -0.2) is 9.97 Å². The first kappa shape index (κ1) is 16.7. The molecule has 0 spiro atoms. The van der Waals surface area contributed by atoms with Gasteiger partial charge in [0.1, 0.15) is 16.9 Å². The summed E-state index contributed by atoms with van der Waals surface area (Å²) in [7, 11) is 1.65. The topological polar surface area (TPSA) is 68.5 Å². The van der Waals surface area contributed by atoms with Crippen molar-refractivity contribution in [1.82, 2.24) is 19.7 Å². The molecule has 6 heteroatoms. The monoisotopic (exact) mass is 372 g/mol. The smallest absolute Gasteiger partial charge is 0.221 e. The molecule has 0 bridgehead atoms. The van der Waals surface area contributed by atoms with Crippen LogP contribution in [0.5, 0.6) is 5.75 Å². The van der Waals surface area contributed by atoms with Crippen molar-refractivity contribution < 1.29 is 9.53 Å². The highest BCUT2D eigenvalue weighted by molar-refractivity contribution is 5.85. The molecule has 1 aromatic carbocycles. The SMILES string of the molecule is COc1cccc2ccc([C@@H]3CC(=O)NCc4nc5ccc(C)cn5c43)nc12. The Labute approximate surface area is 162 Å². The highest BCUT2D eigenvalue weighted by Crippen LogP contribution is 2.34. The van der Waals surface area contributed by atoms with Crippen LogP contribution in [0.4, 0.5) is 0 Å². The molecule has 6 nitrogen and oxygen atoms in total. The van der Waals surface area contributed by atoms with Crippen LogP contribution in [0.1, 0.15) is 35.0 Å². The molecule has 0 unspecified atom stereocenters. The largest absolute Gasteiger partial charge is 0.494 e. The number of hydrogen-bond acceptors (Lipinski definition) is 4. The second-order valence-corrected chi connectivity index (χ2v) is 7.18. The molecule has 1 amide bonds. The average molecular weight is 372 g/mol. The van der Waals surface area contributed by atoms with E-state index in [1.54, 1.807) is 7.11 Å². The van der Waals surface area contributed by atoms with Crippen LogP contribution in [0.3, 0.4) is 0 Å². The van der Waals surface area contributed by atoms with Crippen molar-refractivity contribution in [2.24, 2.45) is 0 Å². The number of ether oxygens (including phenoxy) is 1. The van der Waals surface area contributed by atoms with Crippen LogP contribution in [0.15, 0.2) is 48.7 Å². The summed E-state index contributed by atoms with van der Waals surface area (Å²) in [6.07, 6.45) is 2.41. The van der Waals surface area contributed by atoms with Crippen LogP contribution in [0.25, 0.3) is 16.6 Å². The van der Waals surface area contributed by atoms with Gasteiger partial charge in [0.15, 0.2) is 0 Å². The Kier molecular flexibility index (Phi) is 3.79. The fourth-order valence-electron chi connectivity index (χ4n) is 3.99. The van der Waals surface area contributed by atoms with Gasteiger partial charge in [-0.3, -0.25) is 4.79 Å². The molecule has 0 fully saturated rings. The summed E-state index contributed by atoms with van der Waals surface area (Å²) in [5, 5.41) is 3.98. The fraction of sp³-hybridized carbons (Fsp3) is 0.227. The molecule has 0 saturated carbocycles. The van der Waals surface area contributed by atoms with Crippen molar-refractivity contribution in [3.05, 3.63) is 71.3 Å². The van der Waals surface area contributed by atoms with Crippen LogP contribution < -0.4 is 10.1 Å². The predicted molar refractivity (Wildman–Crippen MR) is 107 cm³/mol. The maximum atomic E-state index is 12.4. The molecule has 5 rings (SSSR count). The number of rotatable bonds is 2. The highest BCUT2D eigenvalue weighted by Gasteiger charge is 2.30. The quantitative estimate of drug-likeness (QED) is 0.586. The lowest BCUT2D eigenvalue weighted by atomic mass is 9.95. The van der Waals surface area contributed by atoms with E-state index in [-0.39, 0.29) is 11.8 Å². The molecule has 1 aliphatic heterocycles. The first-order chi connectivity index (χ1) is 13.6. The zero-order valence-corrected chi connectivity index (χ0v) is 15.8. The van der Waals surface area contributed by atoms with E-state index < -0.39 is 0 Å². The van der Waals surface area contributed by atoms with E-state index in [1.807, 2.05) is 42.5 Å². The van der Waals surface area contributed by atoms with Gasteiger partial charge in [-0.2, -0.15) is 0 Å². The Morgan fingerprint density at radius 2 is 2.04 bits per heavy atom. The summed E-state index contributed by atoms with van der Waals surface area (Å²) < 4.78 is 7.60. The lowest BCUT2D eigenvalue weighted by Crippen LogP contribution is -2.21. The van der Waals surface area contributed by atoms with Gasteiger partial charge in [0.25, 0.3) is 0 Å². The average Bonchev–Trinajstić information content (AvgIpc) is 2.98. The van der Waals surface area contributed by atoms with Crippen molar-refractivity contribution >= 4 is 22.5 Å². The maximum Gasteiger partial charge on any atom is 0.221 e. The second kappa shape index (κ2) is 6.34. The summed E-state index contributed by atoms with van der Waals surface area (Å²) in [5.74, 6) is 0.557. The number of methoxy groups -OCH3 is 1. The molecular weight excluding hydrogens is 352 g/mol. The standard InChI is InChI=1S/C22H20N4O2/c1-13-6-9-19-24-17-11-23-20(27)10-15(22(17)26(19)12-13)16-8-7-14-4-3-5-18(28-2)21(14)25-16/h3-9,12,15H,10-11H2,1-2H3,(H,23,27)/t15-/m0/s1. The van der Waals surface area contributed by atoms with E-state index in [0.717, 1.165) is 44.9 Å². The Morgan fingerprint density at radius 1 is 1.14 bits per heavy atom. The molecule has 0 aliphatic carbocycles. The molecule has 1 atom stereocenters. The van der Waals surface area contributed by atoms with Gasteiger partial charge in [0, 0.05) is 18.0 Å². The van der Waals surface area contributed by atoms with Gasteiger partial charge >= 0.3 is 0 Å². The molecule has 1 aliphatic rings. The van der Waals surface area contributed by atoms with Gasteiger partial charge in [-0.15, -0.1) is 0 Å². The summed E-state index contributed by atoms with van der Waals surface area (Å²) in [5.41, 5.74) is 5.60. The molecule has 0 saturated heterocycles. The van der Waals surface area contributed by atoms with E-state index in [4.69, 9.17) is 14.7 Å². The van der Waals surface area contributed by atoms with Crippen LogP contribution in [0.2, 0.25) is 0 Å². The number of nitrogens with zero attached hydrogens (tertiary/aromatic N) is 3. The Balaban J connectivity index is 1.75. The number of amides is 1. The van der Waals surface area contributed by atoms with E-state index in [1.165, 1.54) is 0 Å². The number of pyridine rings is 2. The van der Waals surface area contributed by atoms with Gasteiger partial charge in [0.2, 0.25) is 5.91 Å². The highest BCUT2D eigenvalue weighted by atomic mass is 16.5. The zero-order valence-electron chi connectivity index (χ0n) is 15.8. The molecule has 1 N–H and O–H groups in total. The Hall–Kier alpha value is -3.41. The number of fused-ring (bicyclic) bond motifs is 4. The minimum Gasteiger partial charge on any atom is -0.494 e. The Morgan fingerprint density at radius 3 is 2.89 bits per heavy atom. The third-order valence-corrected chi connectivity index (χ3v) is 5.33. The van der Waals surface area contributed by atoms with Crippen LogP contribution in [-0.4, -0.2) is 27.4 Å². The summed E-state index contributed by atoms with van der Waals surface area (Å²) in [4.78, 5) is 22.1. The van der Waals surface area contributed by atoms with E-state index in [0.29, 0.717) is 13.0 Å². The third-order valence-electron chi connectivity index (χ3n) is 5.33. The number of nitrogens with one attached hydrogen (secondary N) is 1. The maximum absolute atomic E-state index is 12.4. The van der Waals surface area contributed by atoms with E-state index >= 15 is 0 Å². The first-order valence-corrected chi connectivity index (χ1v) is 9.32. The van der Waals surface area contributed by atoms with Crippen molar-refractivity contribution in [1.29, 1.82) is 0 Å². The third kappa shape index (κ3) is 2.60. The summed E-state index contributed by atoms with van der Waals surface area (Å²) >= 11 is 0. The molecule has 4 heterocycles. The number of aromatic nitrogens is 3. The van der Waals surface area contributed by atoms with Crippen LogP contribution >= 0.6 is 0 Å². The normalized spacial score (nSPS) is 16.6. The van der Waals surface area contributed by atoms with Gasteiger partial charge in [-0.05, 0) is 30.7 Å². The minimum atomic E-state index is -0.177. The van der Waals surface area contributed by atoms with Crippen molar-refractivity contribution in [3.8, 4) is 5.75 Å². The minimum absolute atomic E-state index is 0.00586. The number of benzene rings is 1. The van der Waals surface area contributed by atoms with Gasteiger partial charge < -0.3 is 14.5 Å². The number of imidazole rings is 1. The molecular formula is C22H20N4O2. The summed E-state index contributed by atoms with van der Waals surface area (Å²) in [6, 6.07) is 14.0. The van der Waals surface area contributed by atoms with Gasteiger partial charge in [0.05, 0.1) is 36.7 Å². The van der Waals surface area contributed by atoms with E-state index in [9.17, 15) is 4.79 Å². The number of carbonyl (C=O) groups excluding carboxylic acids is 1. The van der Waals surface area contributed by atoms with Crippen molar-refractivity contribution in [3.63, 3.8) is 0 Å². The molecule has 0 radical (unpaired) electrons. The van der Waals surface area contributed by atoms with Gasteiger partial charge in [-0.1, -0.05) is 24.3 Å². The van der Waals surface area contributed by atoms with Crippen molar-refractivity contribution in [2.45, 2.75) is 25.8 Å². The number of hydrogen-bond donors (Lipinski definition) is 1. The Bertz CT molecular complexity index is 1230. The zero-order chi connectivity index (χ0) is 19.3. The molecule has 28 heavy (non-hydrogen) atoms. The van der Waals surface area contributed by atoms with Crippen LogP contribution in [0, 0.1) is 6.92 Å². The molecule has 140 valence electrons. The second-order valence-electron chi connectivity index (χ2n) is 7.18. The van der Waals surface area contributed by atoms with Crippen LogP contribution in [-0.2, 0) is 11.3 Å². The fourth-order valence-corrected chi connectivity index (χ4v) is 3.99. The lowest BCUT2D eigenvalue weighted by molar-refractivity contribution is -0.121. The number of para-hydroxylation sites is 1. The predicted octanol–water partition coefficient (Wildman–Crippen LogP) is 3.35. The van der Waals surface area contributed by atoms with Crippen molar-refractivity contribution in [2.75, 3.05) is 7.11 Å². The first-order valence-electron chi connectivity index (χ1n) is 9.32. The number of carbonyl (C=O) groups is 1. The molecule has 4 aromatic rings.